The molecule has 23 heavy (non-hydrogen) atoms. The molecule has 1 N–H and O–H groups in total. The summed E-state index contributed by atoms with van der Waals surface area (Å²) in [6.45, 7) is 3.58. The Labute approximate surface area is 145 Å². The van der Waals surface area contributed by atoms with Crippen molar-refractivity contribution >= 4 is 28.9 Å². The Kier molecular flexibility index (Phi) is 5.63. The molecule has 0 aliphatic heterocycles. The highest BCUT2D eigenvalue weighted by Gasteiger charge is 2.41. The van der Waals surface area contributed by atoms with Gasteiger partial charge in [-0.3, -0.25) is 4.98 Å². The second-order valence-electron chi connectivity index (χ2n) is 5.25. The molecule has 4 nitrogen and oxygen atoms in total. The van der Waals surface area contributed by atoms with Gasteiger partial charge in [-0.2, -0.15) is 0 Å². The number of hydrogen-bond donors (Lipinski definition) is 1. The third-order valence-corrected chi connectivity index (χ3v) is 4.50. The van der Waals surface area contributed by atoms with Crippen molar-refractivity contribution in [3.8, 4) is 0 Å². The molecule has 0 bridgehead atoms. The molecular formula is C17H18Cl2N2O2. The van der Waals surface area contributed by atoms with Gasteiger partial charge in [0.2, 0.25) is 0 Å². The van der Waals surface area contributed by atoms with Crippen molar-refractivity contribution in [3.05, 3.63) is 63.9 Å². The van der Waals surface area contributed by atoms with E-state index in [2.05, 4.69) is 10.1 Å². The van der Waals surface area contributed by atoms with Crippen molar-refractivity contribution in [1.82, 2.24) is 4.98 Å². The molecule has 2 unspecified atom stereocenters. The minimum atomic E-state index is -1.41. The number of rotatable bonds is 5. The molecule has 0 saturated heterocycles. The molecule has 2 aromatic rings. The maximum atomic E-state index is 11.5. The van der Waals surface area contributed by atoms with E-state index in [0.29, 0.717) is 21.3 Å². The van der Waals surface area contributed by atoms with Crippen LogP contribution in [0.4, 0.5) is 0 Å². The van der Waals surface area contributed by atoms with E-state index in [0.717, 1.165) is 5.56 Å². The molecule has 122 valence electrons. The maximum absolute atomic E-state index is 11.5. The Balaban J connectivity index is 2.60. The first-order valence-corrected chi connectivity index (χ1v) is 7.83. The molecule has 0 spiro atoms. The van der Waals surface area contributed by atoms with Crippen molar-refractivity contribution in [1.29, 1.82) is 0 Å². The largest absolute Gasteiger partial charge is 0.399 e. The van der Waals surface area contributed by atoms with Crippen molar-refractivity contribution in [2.45, 2.75) is 25.4 Å². The Hall–Kier alpha value is -1.62. The minimum absolute atomic E-state index is 0.393. The highest BCUT2D eigenvalue weighted by Crippen LogP contribution is 2.41. The van der Waals surface area contributed by atoms with Gasteiger partial charge in [-0.25, -0.2) is 0 Å². The first kappa shape index (κ1) is 17.7. The number of pyridine rings is 1. The summed E-state index contributed by atoms with van der Waals surface area (Å²) in [5, 5.41) is 16.4. The highest BCUT2D eigenvalue weighted by atomic mass is 35.5. The van der Waals surface area contributed by atoms with E-state index in [1.165, 1.54) is 7.11 Å². The number of benzene rings is 1. The standard InChI is InChI=1S/C17H18Cl2N2O2/c1-11(15-7-6-14(18)9-16(15)19)17(22,12(2)21-23-3)13-5-4-8-20-10-13/h4-11,22H,1-3H3/b21-12+. The monoisotopic (exact) mass is 352 g/mol. The Morgan fingerprint density at radius 1 is 1.35 bits per heavy atom. The van der Waals surface area contributed by atoms with E-state index >= 15 is 0 Å². The first-order valence-electron chi connectivity index (χ1n) is 7.07. The molecule has 2 rings (SSSR count). The predicted molar refractivity (Wildman–Crippen MR) is 93.1 cm³/mol. The lowest BCUT2D eigenvalue weighted by atomic mass is 9.76. The molecule has 0 saturated carbocycles. The van der Waals surface area contributed by atoms with E-state index in [4.69, 9.17) is 28.0 Å². The zero-order valence-electron chi connectivity index (χ0n) is 13.1. The molecule has 0 aliphatic rings. The van der Waals surface area contributed by atoms with Gasteiger partial charge in [-0.05, 0) is 30.7 Å². The van der Waals surface area contributed by atoms with E-state index in [9.17, 15) is 5.11 Å². The van der Waals surface area contributed by atoms with Crippen LogP contribution < -0.4 is 0 Å². The summed E-state index contributed by atoms with van der Waals surface area (Å²) >= 11 is 12.3. The Bertz CT molecular complexity index is 707. The third-order valence-electron chi connectivity index (χ3n) is 3.94. The quantitative estimate of drug-likeness (QED) is 0.640. The van der Waals surface area contributed by atoms with Crippen LogP contribution in [-0.2, 0) is 10.4 Å². The van der Waals surface area contributed by atoms with Gasteiger partial charge in [0.05, 0.1) is 5.71 Å². The van der Waals surface area contributed by atoms with Gasteiger partial charge >= 0.3 is 0 Å². The van der Waals surface area contributed by atoms with E-state index in [1.807, 2.05) is 6.92 Å². The van der Waals surface area contributed by atoms with Crippen LogP contribution in [0.25, 0.3) is 0 Å². The van der Waals surface area contributed by atoms with E-state index in [-0.39, 0.29) is 0 Å². The van der Waals surface area contributed by atoms with Crippen molar-refractivity contribution in [2.24, 2.45) is 5.16 Å². The summed E-state index contributed by atoms with van der Waals surface area (Å²) in [6.07, 6.45) is 3.25. The first-order chi connectivity index (χ1) is 10.9. The van der Waals surface area contributed by atoms with Crippen LogP contribution in [0, 0.1) is 0 Å². The van der Waals surface area contributed by atoms with Crippen LogP contribution in [0.5, 0.6) is 0 Å². The molecule has 0 fully saturated rings. The van der Waals surface area contributed by atoms with Gasteiger partial charge in [0.1, 0.15) is 12.7 Å². The fraction of sp³-hybridized carbons (Fsp3) is 0.294. The number of hydrogen-bond acceptors (Lipinski definition) is 4. The third kappa shape index (κ3) is 3.50. The molecule has 0 radical (unpaired) electrons. The lowest BCUT2D eigenvalue weighted by Crippen LogP contribution is -2.39. The molecule has 1 heterocycles. The van der Waals surface area contributed by atoms with Crippen LogP contribution in [0.15, 0.2) is 47.9 Å². The van der Waals surface area contributed by atoms with E-state index < -0.39 is 11.5 Å². The van der Waals surface area contributed by atoms with Crippen LogP contribution in [0.1, 0.15) is 30.9 Å². The van der Waals surface area contributed by atoms with Crippen molar-refractivity contribution < 1.29 is 9.94 Å². The van der Waals surface area contributed by atoms with Crippen LogP contribution in [0.3, 0.4) is 0 Å². The molecule has 1 aromatic heterocycles. The smallest absolute Gasteiger partial charge is 0.139 e. The van der Waals surface area contributed by atoms with Gasteiger partial charge in [0.25, 0.3) is 0 Å². The Morgan fingerprint density at radius 2 is 2.09 bits per heavy atom. The average Bonchev–Trinajstić information content (AvgIpc) is 2.54. The molecular weight excluding hydrogens is 335 g/mol. The second-order valence-corrected chi connectivity index (χ2v) is 6.10. The van der Waals surface area contributed by atoms with Crippen molar-refractivity contribution in [3.63, 3.8) is 0 Å². The average molecular weight is 353 g/mol. The SMILES string of the molecule is CO/N=C(\C)C(O)(c1cccnc1)C(C)c1ccc(Cl)cc1Cl. The summed E-state index contributed by atoms with van der Waals surface area (Å²) in [6, 6.07) is 8.75. The van der Waals surface area contributed by atoms with Crippen LogP contribution >= 0.6 is 23.2 Å². The number of halogens is 2. The highest BCUT2D eigenvalue weighted by molar-refractivity contribution is 6.35. The van der Waals surface area contributed by atoms with Gasteiger partial charge in [-0.1, -0.05) is 47.4 Å². The number of aliphatic hydroxyl groups is 1. The topological polar surface area (TPSA) is 54.7 Å². The summed E-state index contributed by atoms with van der Waals surface area (Å²) < 4.78 is 0. The van der Waals surface area contributed by atoms with Gasteiger partial charge in [-0.15, -0.1) is 0 Å². The number of nitrogens with zero attached hydrogens (tertiary/aromatic N) is 2. The van der Waals surface area contributed by atoms with Crippen molar-refractivity contribution in [2.75, 3.05) is 7.11 Å². The van der Waals surface area contributed by atoms with Gasteiger partial charge < -0.3 is 9.94 Å². The molecule has 0 aliphatic carbocycles. The molecule has 1 aromatic carbocycles. The fourth-order valence-corrected chi connectivity index (χ4v) is 3.22. The minimum Gasteiger partial charge on any atom is -0.399 e. The molecule has 6 heteroatoms. The van der Waals surface area contributed by atoms with Gasteiger partial charge in [0, 0.05) is 33.9 Å². The predicted octanol–water partition coefficient (Wildman–Crippen LogP) is 4.40. The number of oxime groups is 1. The summed E-state index contributed by atoms with van der Waals surface area (Å²) in [4.78, 5) is 8.96. The number of aromatic nitrogens is 1. The normalized spacial score (nSPS) is 15.8. The lowest BCUT2D eigenvalue weighted by molar-refractivity contribution is 0.0773. The lowest BCUT2D eigenvalue weighted by Gasteiger charge is -2.34. The summed E-state index contributed by atoms with van der Waals surface area (Å²) in [5.41, 5.74) is 0.360. The molecule has 0 amide bonds. The molecule has 2 atom stereocenters. The summed E-state index contributed by atoms with van der Waals surface area (Å²) in [7, 11) is 1.44. The fourth-order valence-electron chi connectivity index (χ4n) is 2.64. The summed E-state index contributed by atoms with van der Waals surface area (Å²) in [5.74, 6) is -0.393. The maximum Gasteiger partial charge on any atom is 0.139 e. The van der Waals surface area contributed by atoms with Gasteiger partial charge in [0.15, 0.2) is 0 Å². The van der Waals surface area contributed by atoms with Crippen LogP contribution in [-0.4, -0.2) is 22.9 Å². The Morgan fingerprint density at radius 3 is 2.65 bits per heavy atom. The van der Waals surface area contributed by atoms with E-state index in [1.54, 1.807) is 49.6 Å². The zero-order chi connectivity index (χ0) is 17.0. The zero-order valence-corrected chi connectivity index (χ0v) is 14.6. The second kappa shape index (κ2) is 7.30. The van der Waals surface area contributed by atoms with Crippen LogP contribution in [0.2, 0.25) is 10.0 Å².